The van der Waals surface area contributed by atoms with Gasteiger partial charge < -0.3 is 14.2 Å². The van der Waals surface area contributed by atoms with Crippen LogP contribution in [0.5, 0.6) is 5.75 Å². The molecule has 0 aromatic heterocycles. The van der Waals surface area contributed by atoms with Crippen molar-refractivity contribution in [2.24, 2.45) is 0 Å². The first-order chi connectivity index (χ1) is 9.42. The molecule has 1 fully saturated rings. The van der Waals surface area contributed by atoms with Crippen LogP contribution in [0.3, 0.4) is 0 Å². The Bertz CT molecular complexity index is 577. The molecule has 110 valence electrons. The summed E-state index contributed by atoms with van der Waals surface area (Å²) in [4.78, 5) is 11.1. The van der Waals surface area contributed by atoms with Crippen molar-refractivity contribution >= 4 is 16.1 Å². The highest BCUT2D eigenvalue weighted by molar-refractivity contribution is 7.86. The number of epoxide rings is 1. The Kier molecular flexibility index (Phi) is 4.58. The number of esters is 1. The van der Waals surface area contributed by atoms with Crippen LogP contribution in [-0.4, -0.2) is 44.0 Å². The van der Waals surface area contributed by atoms with E-state index < -0.39 is 21.8 Å². The Balaban J connectivity index is 1.82. The molecule has 0 spiro atoms. The lowest BCUT2D eigenvalue weighted by molar-refractivity contribution is -0.141. The molecule has 0 aliphatic carbocycles. The second-order valence-corrected chi connectivity index (χ2v) is 5.75. The zero-order valence-corrected chi connectivity index (χ0v) is 11.3. The van der Waals surface area contributed by atoms with E-state index in [1.54, 1.807) is 24.3 Å². The predicted octanol–water partition coefficient (Wildman–Crippen LogP) is 0.395. The van der Waals surface area contributed by atoms with Gasteiger partial charge in [0.25, 0.3) is 10.1 Å². The Morgan fingerprint density at radius 2 is 2.20 bits per heavy atom. The van der Waals surface area contributed by atoms with E-state index in [2.05, 4.69) is 0 Å². The van der Waals surface area contributed by atoms with Crippen LogP contribution in [0.4, 0.5) is 0 Å². The van der Waals surface area contributed by atoms with Crippen molar-refractivity contribution in [3.8, 4) is 5.75 Å². The maximum atomic E-state index is 11.1. The Hall–Kier alpha value is -1.64. The van der Waals surface area contributed by atoms with E-state index in [4.69, 9.17) is 18.8 Å². The van der Waals surface area contributed by atoms with Crippen LogP contribution < -0.4 is 4.74 Å². The summed E-state index contributed by atoms with van der Waals surface area (Å²) in [6.45, 7) is 1.07. The number of hydrogen-bond donors (Lipinski definition) is 1. The molecular formula is C12H14O7S. The third-order valence-electron chi connectivity index (χ3n) is 2.44. The highest BCUT2D eigenvalue weighted by Gasteiger charge is 2.23. The van der Waals surface area contributed by atoms with E-state index in [0.717, 1.165) is 0 Å². The SMILES string of the molecule is O=C(CS(=O)(=O)O)OCc1cccc(OCC2CO2)c1. The second-order valence-electron chi connectivity index (χ2n) is 4.30. The van der Waals surface area contributed by atoms with Crippen molar-refractivity contribution in [3.63, 3.8) is 0 Å². The topological polar surface area (TPSA) is 102 Å². The van der Waals surface area contributed by atoms with Gasteiger partial charge in [-0.3, -0.25) is 9.35 Å². The molecule has 1 aliphatic heterocycles. The summed E-state index contributed by atoms with van der Waals surface area (Å²) in [7, 11) is -4.36. The van der Waals surface area contributed by atoms with Gasteiger partial charge in [-0.15, -0.1) is 0 Å². The molecule has 1 aliphatic rings. The third-order valence-corrected chi connectivity index (χ3v) is 3.04. The third kappa shape index (κ3) is 5.55. The molecule has 1 unspecified atom stereocenters. The summed E-state index contributed by atoms with van der Waals surface area (Å²) >= 11 is 0. The minimum Gasteiger partial charge on any atom is -0.491 e. The molecule has 0 bridgehead atoms. The smallest absolute Gasteiger partial charge is 0.323 e. The molecule has 0 radical (unpaired) electrons. The van der Waals surface area contributed by atoms with Gasteiger partial charge in [0.1, 0.15) is 25.1 Å². The summed E-state index contributed by atoms with van der Waals surface area (Å²) in [5.74, 6) is -1.45. The van der Waals surface area contributed by atoms with Crippen LogP contribution in [0.2, 0.25) is 0 Å². The second kappa shape index (κ2) is 6.21. The minimum atomic E-state index is -4.36. The molecule has 8 heteroatoms. The van der Waals surface area contributed by atoms with Gasteiger partial charge in [-0.1, -0.05) is 12.1 Å². The Labute approximate surface area is 116 Å². The van der Waals surface area contributed by atoms with E-state index in [0.29, 0.717) is 24.5 Å². The maximum absolute atomic E-state index is 11.1. The largest absolute Gasteiger partial charge is 0.491 e. The van der Waals surface area contributed by atoms with Gasteiger partial charge in [0.2, 0.25) is 0 Å². The van der Waals surface area contributed by atoms with Crippen LogP contribution in [0.25, 0.3) is 0 Å². The molecule has 0 saturated carbocycles. The lowest BCUT2D eigenvalue weighted by Gasteiger charge is -2.07. The monoisotopic (exact) mass is 302 g/mol. The van der Waals surface area contributed by atoms with Gasteiger partial charge >= 0.3 is 5.97 Å². The molecule has 1 aromatic carbocycles. The molecule has 1 atom stereocenters. The molecule has 1 aromatic rings. The van der Waals surface area contributed by atoms with Gasteiger partial charge in [0, 0.05) is 0 Å². The quantitative estimate of drug-likeness (QED) is 0.441. The molecule has 1 saturated heterocycles. The van der Waals surface area contributed by atoms with Crippen molar-refractivity contribution in [1.82, 2.24) is 0 Å². The molecule has 1 heterocycles. The minimum absolute atomic E-state index is 0.0918. The Morgan fingerprint density at radius 1 is 1.45 bits per heavy atom. The van der Waals surface area contributed by atoms with Gasteiger partial charge in [-0.2, -0.15) is 8.42 Å². The zero-order valence-electron chi connectivity index (χ0n) is 10.5. The lowest BCUT2D eigenvalue weighted by atomic mass is 10.2. The average Bonchev–Trinajstić information content (AvgIpc) is 3.16. The van der Waals surface area contributed by atoms with Crippen LogP contribution in [-0.2, 0) is 31.0 Å². The number of benzene rings is 1. The van der Waals surface area contributed by atoms with Crippen molar-refractivity contribution in [3.05, 3.63) is 29.8 Å². The molecule has 20 heavy (non-hydrogen) atoms. The number of rotatable bonds is 7. The zero-order chi connectivity index (χ0) is 14.6. The number of hydrogen-bond acceptors (Lipinski definition) is 6. The molecule has 0 amide bonds. The van der Waals surface area contributed by atoms with Crippen LogP contribution in [0.15, 0.2) is 24.3 Å². The molecule has 1 N–H and O–H groups in total. The normalized spacial score (nSPS) is 17.6. The van der Waals surface area contributed by atoms with Crippen molar-refractivity contribution in [2.45, 2.75) is 12.7 Å². The molecule has 2 rings (SSSR count). The van der Waals surface area contributed by atoms with E-state index in [9.17, 15) is 13.2 Å². The number of carbonyl (C=O) groups is 1. The van der Waals surface area contributed by atoms with Crippen molar-refractivity contribution < 1.29 is 32.0 Å². The highest BCUT2D eigenvalue weighted by Crippen LogP contribution is 2.17. The fourth-order valence-corrected chi connectivity index (χ4v) is 1.81. The first-order valence-corrected chi connectivity index (χ1v) is 7.47. The van der Waals surface area contributed by atoms with E-state index in [1.807, 2.05) is 0 Å². The van der Waals surface area contributed by atoms with Gasteiger partial charge in [-0.05, 0) is 17.7 Å². The summed E-state index contributed by atoms with van der Waals surface area (Å²) in [5, 5.41) is 0. The molecule has 7 nitrogen and oxygen atoms in total. The van der Waals surface area contributed by atoms with E-state index in [-0.39, 0.29) is 12.7 Å². The first kappa shape index (κ1) is 14.8. The fourth-order valence-electron chi connectivity index (χ4n) is 1.43. The highest BCUT2D eigenvalue weighted by atomic mass is 32.2. The van der Waals surface area contributed by atoms with Crippen molar-refractivity contribution in [2.75, 3.05) is 19.0 Å². The van der Waals surface area contributed by atoms with E-state index >= 15 is 0 Å². The van der Waals surface area contributed by atoms with Crippen molar-refractivity contribution in [1.29, 1.82) is 0 Å². The summed E-state index contributed by atoms with van der Waals surface area (Å²) < 4.78 is 44.7. The van der Waals surface area contributed by atoms with Gasteiger partial charge in [-0.25, -0.2) is 0 Å². The average molecular weight is 302 g/mol. The van der Waals surface area contributed by atoms with Crippen LogP contribution >= 0.6 is 0 Å². The van der Waals surface area contributed by atoms with Gasteiger partial charge in [0.05, 0.1) is 6.61 Å². The summed E-state index contributed by atoms with van der Waals surface area (Å²) in [6.07, 6.45) is 0.145. The summed E-state index contributed by atoms with van der Waals surface area (Å²) in [6, 6.07) is 6.88. The first-order valence-electron chi connectivity index (χ1n) is 5.86. The van der Waals surface area contributed by atoms with E-state index in [1.165, 1.54) is 0 Å². The van der Waals surface area contributed by atoms with Gasteiger partial charge in [0.15, 0.2) is 5.75 Å². The maximum Gasteiger partial charge on any atom is 0.323 e. The fraction of sp³-hybridized carbons (Fsp3) is 0.417. The molecular weight excluding hydrogens is 288 g/mol. The standard InChI is InChI=1S/C12H14O7S/c13-12(8-20(14,15)16)19-5-9-2-1-3-10(4-9)17-6-11-7-18-11/h1-4,11H,5-8H2,(H,14,15,16). The number of ether oxygens (including phenoxy) is 3. The Morgan fingerprint density at radius 3 is 2.85 bits per heavy atom. The lowest BCUT2D eigenvalue weighted by Crippen LogP contribution is -2.17. The van der Waals surface area contributed by atoms with Crippen LogP contribution in [0, 0.1) is 0 Å². The number of carbonyl (C=O) groups excluding carboxylic acids is 1. The summed E-state index contributed by atoms with van der Waals surface area (Å²) in [5.41, 5.74) is 0.655. The van der Waals surface area contributed by atoms with Crippen LogP contribution in [0.1, 0.15) is 5.56 Å². The predicted molar refractivity (Wildman–Crippen MR) is 67.9 cm³/mol.